The molecular weight excluding hydrogens is 818 g/mol. The largest absolute Gasteiger partial charge is 0.497 e. The first-order valence-corrected chi connectivity index (χ1v) is 18.6. The zero-order valence-electron chi connectivity index (χ0n) is 33.1. The lowest BCUT2D eigenvalue weighted by Crippen LogP contribution is -2.13. The second kappa shape index (κ2) is 21.4. The second-order valence-electron chi connectivity index (χ2n) is 12.8. The standard InChI is InChI=1S/C17H16N4O.C9H8N4O2.C9H7N3O2.C8H7ClO2/c1-12-2-4-13(5-3-12)17(22)20-16-10-14(6-7-15(16)18)21-9-8-19-11-21;10-8-5-7(12-4-3-11-6-12)1-2-9(8)13(14)15;13-12(14)9-3-1-8(2-4-9)11-6-5-10-7-11;1-11-7-4-2-6(3-5-7)8(9)10/h2-11H,18H2,1H3,(H,20,22);1-6H,10H2;1-7H;2-5H,1H3. The smallest absolute Gasteiger partial charge is 0.292 e. The molecule has 0 spiro atoms. The molecule has 3 aromatic heterocycles. The Balaban J connectivity index is 0.000000162. The van der Waals surface area contributed by atoms with Crippen molar-refractivity contribution in [3.63, 3.8) is 0 Å². The van der Waals surface area contributed by atoms with Gasteiger partial charge in [-0.3, -0.25) is 29.8 Å². The Labute approximate surface area is 359 Å². The fourth-order valence-electron chi connectivity index (χ4n) is 5.29. The number of nitrogens with one attached hydrogen (secondary N) is 1. The van der Waals surface area contributed by atoms with Crippen LogP contribution in [0.15, 0.2) is 165 Å². The molecule has 0 saturated carbocycles. The number of benzene rings is 5. The van der Waals surface area contributed by atoms with Crippen LogP contribution in [-0.2, 0) is 0 Å². The van der Waals surface area contributed by atoms with E-state index in [-0.39, 0.29) is 23.0 Å². The van der Waals surface area contributed by atoms with Crippen molar-refractivity contribution in [2.24, 2.45) is 0 Å². The molecule has 0 fully saturated rings. The van der Waals surface area contributed by atoms with Crippen LogP contribution in [0.5, 0.6) is 5.75 Å². The van der Waals surface area contributed by atoms with E-state index in [4.69, 9.17) is 27.8 Å². The summed E-state index contributed by atoms with van der Waals surface area (Å²) >= 11 is 5.22. The molecule has 8 rings (SSSR count). The van der Waals surface area contributed by atoms with Gasteiger partial charge in [0.25, 0.3) is 22.5 Å². The normalized spacial score (nSPS) is 10.0. The summed E-state index contributed by atoms with van der Waals surface area (Å²) in [4.78, 5) is 54.6. The molecule has 0 radical (unpaired) electrons. The third-order valence-corrected chi connectivity index (χ3v) is 8.81. The number of nitrogens with zero attached hydrogens (tertiary/aromatic N) is 8. The molecule has 8 aromatic rings. The number of nitro benzene ring substituents is 2. The van der Waals surface area contributed by atoms with Gasteiger partial charge in [-0.25, -0.2) is 15.0 Å². The maximum Gasteiger partial charge on any atom is 0.292 e. The van der Waals surface area contributed by atoms with Gasteiger partial charge in [-0.2, -0.15) is 0 Å². The van der Waals surface area contributed by atoms with E-state index in [9.17, 15) is 29.8 Å². The monoisotopic (exact) mass is 855 g/mol. The molecule has 1 amide bonds. The van der Waals surface area contributed by atoms with Gasteiger partial charge in [0.2, 0.25) is 0 Å². The Bertz CT molecular complexity index is 2710. The molecule has 19 heteroatoms. The van der Waals surface area contributed by atoms with E-state index in [2.05, 4.69) is 20.3 Å². The molecular formula is C43H38ClN11O7. The maximum atomic E-state index is 12.3. The minimum atomic E-state index is -0.507. The molecule has 0 aliphatic carbocycles. The van der Waals surface area contributed by atoms with Crippen LogP contribution in [0.4, 0.5) is 28.4 Å². The number of carbonyl (C=O) groups is 2. The van der Waals surface area contributed by atoms with Gasteiger partial charge in [0.15, 0.2) is 0 Å². The first-order chi connectivity index (χ1) is 29.8. The van der Waals surface area contributed by atoms with Crippen LogP contribution in [0.3, 0.4) is 0 Å². The number of nitro groups is 2. The topological polar surface area (TPSA) is 247 Å². The molecule has 0 atom stereocenters. The molecule has 3 heterocycles. The molecule has 5 N–H and O–H groups in total. The average Bonchev–Trinajstić information content (AvgIpc) is 4.11. The van der Waals surface area contributed by atoms with Gasteiger partial charge in [-0.15, -0.1) is 0 Å². The van der Waals surface area contributed by atoms with Crippen LogP contribution >= 0.6 is 11.6 Å². The minimum Gasteiger partial charge on any atom is -0.497 e. The number of aryl methyl sites for hydroxylation is 1. The van der Waals surface area contributed by atoms with E-state index in [1.807, 2.05) is 42.0 Å². The number of halogens is 1. The molecule has 0 aliphatic rings. The summed E-state index contributed by atoms with van der Waals surface area (Å²) in [5.41, 5.74) is 17.4. The number of hydrogen-bond acceptors (Lipinski definition) is 12. The highest BCUT2D eigenvalue weighted by Crippen LogP contribution is 2.25. The SMILES string of the molecule is COc1ccc(C(=O)Cl)cc1.Cc1ccc(C(=O)Nc2cc(-n3ccnc3)ccc2N)cc1.Nc1cc(-n2ccnc2)ccc1[N+](=O)[O-].O=[N+]([O-])c1ccc(-n2ccnc2)cc1. The predicted octanol–water partition coefficient (Wildman–Crippen LogP) is 8.23. The lowest BCUT2D eigenvalue weighted by molar-refractivity contribution is -0.384. The number of ether oxygens (including phenoxy) is 1. The van der Waals surface area contributed by atoms with E-state index < -0.39 is 15.1 Å². The number of nitrogen functional groups attached to an aromatic ring is 2. The number of nitrogens with two attached hydrogens (primary N) is 2. The minimum absolute atomic E-state index is 0.0844. The quantitative estimate of drug-likeness (QED) is 0.0538. The zero-order valence-corrected chi connectivity index (χ0v) is 33.8. The van der Waals surface area contributed by atoms with Gasteiger partial charge in [-0.1, -0.05) is 17.7 Å². The van der Waals surface area contributed by atoms with Gasteiger partial charge >= 0.3 is 0 Å². The summed E-state index contributed by atoms with van der Waals surface area (Å²) < 4.78 is 10.2. The van der Waals surface area contributed by atoms with Gasteiger partial charge in [-0.05, 0) is 97.4 Å². The molecule has 314 valence electrons. The molecule has 0 unspecified atom stereocenters. The van der Waals surface area contributed by atoms with Crippen molar-refractivity contribution in [1.82, 2.24) is 28.7 Å². The lowest BCUT2D eigenvalue weighted by atomic mass is 10.1. The van der Waals surface area contributed by atoms with Gasteiger partial charge < -0.3 is 35.2 Å². The van der Waals surface area contributed by atoms with Crippen LogP contribution in [0.2, 0.25) is 0 Å². The molecule has 18 nitrogen and oxygen atoms in total. The van der Waals surface area contributed by atoms with Crippen LogP contribution < -0.4 is 21.5 Å². The van der Waals surface area contributed by atoms with Crippen LogP contribution in [-0.4, -0.2) is 56.8 Å². The Morgan fingerprint density at radius 3 is 1.61 bits per heavy atom. The molecule has 5 aromatic carbocycles. The maximum absolute atomic E-state index is 12.3. The molecule has 0 bridgehead atoms. The van der Waals surface area contributed by atoms with Crippen LogP contribution in [0.25, 0.3) is 17.1 Å². The summed E-state index contributed by atoms with van der Waals surface area (Å²) in [5.74, 6) is 0.529. The van der Waals surface area contributed by atoms with Gasteiger partial charge in [0.1, 0.15) is 11.4 Å². The fraction of sp³-hybridized carbons (Fsp3) is 0.0465. The number of hydrogen-bond donors (Lipinski definition) is 3. The number of methoxy groups -OCH3 is 1. The molecule has 0 aliphatic heterocycles. The third kappa shape index (κ3) is 12.4. The highest BCUT2D eigenvalue weighted by Gasteiger charge is 2.12. The van der Waals surface area contributed by atoms with Crippen molar-refractivity contribution in [3.05, 3.63) is 202 Å². The Morgan fingerprint density at radius 1 is 0.645 bits per heavy atom. The van der Waals surface area contributed by atoms with Crippen molar-refractivity contribution < 1.29 is 24.2 Å². The molecule has 62 heavy (non-hydrogen) atoms. The van der Waals surface area contributed by atoms with E-state index in [0.717, 1.165) is 22.6 Å². The number of rotatable bonds is 9. The number of anilines is 3. The van der Waals surface area contributed by atoms with E-state index >= 15 is 0 Å². The zero-order chi connectivity index (χ0) is 44.6. The number of carbonyl (C=O) groups excluding carboxylic acids is 2. The first-order valence-electron chi connectivity index (χ1n) is 18.2. The predicted molar refractivity (Wildman–Crippen MR) is 235 cm³/mol. The van der Waals surface area contributed by atoms with Crippen molar-refractivity contribution in [3.8, 4) is 22.8 Å². The highest BCUT2D eigenvalue weighted by atomic mass is 35.5. The average molecular weight is 856 g/mol. The van der Waals surface area contributed by atoms with Gasteiger partial charge in [0, 0.05) is 83.6 Å². The van der Waals surface area contributed by atoms with Crippen molar-refractivity contribution in [2.45, 2.75) is 6.92 Å². The van der Waals surface area contributed by atoms with Crippen LogP contribution in [0.1, 0.15) is 26.3 Å². The number of amides is 1. The summed E-state index contributed by atoms with van der Waals surface area (Å²) in [7, 11) is 1.57. The van der Waals surface area contributed by atoms with E-state index in [1.54, 1.807) is 133 Å². The van der Waals surface area contributed by atoms with Crippen LogP contribution in [0, 0.1) is 27.2 Å². The Kier molecular flexibility index (Phi) is 15.3. The van der Waals surface area contributed by atoms with E-state index in [1.165, 1.54) is 18.2 Å². The summed E-state index contributed by atoms with van der Waals surface area (Å²) in [6.07, 6.45) is 15.2. The second-order valence-corrected chi connectivity index (χ2v) is 13.1. The van der Waals surface area contributed by atoms with Crippen molar-refractivity contribution in [1.29, 1.82) is 0 Å². The first kappa shape index (κ1) is 44.5. The van der Waals surface area contributed by atoms with Gasteiger partial charge in [0.05, 0.1) is 47.3 Å². The molecule has 0 saturated heterocycles. The Morgan fingerprint density at radius 2 is 1.15 bits per heavy atom. The number of aromatic nitrogens is 6. The summed E-state index contributed by atoms with van der Waals surface area (Å²) in [6, 6.07) is 30.3. The summed E-state index contributed by atoms with van der Waals surface area (Å²) in [6.45, 7) is 1.98. The summed E-state index contributed by atoms with van der Waals surface area (Å²) in [5, 5.41) is 23.3. The van der Waals surface area contributed by atoms with Crippen molar-refractivity contribution in [2.75, 3.05) is 23.9 Å². The fourth-order valence-corrected chi connectivity index (χ4v) is 5.41. The lowest BCUT2D eigenvalue weighted by Gasteiger charge is -2.11. The Hall–Kier alpha value is -8.64. The number of imidazole rings is 3. The third-order valence-electron chi connectivity index (χ3n) is 8.59. The van der Waals surface area contributed by atoms with Crippen molar-refractivity contribution >= 4 is 51.2 Å². The van der Waals surface area contributed by atoms with E-state index in [0.29, 0.717) is 28.3 Å². The highest BCUT2D eigenvalue weighted by molar-refractivity contribution is 6.67. The number of non-ortho nitro benzene ring substituents is 1.